The van der Waals surface area contributed by atoms with E-state index >= 15 is 0 Å². The molecule has 0 unspecified atom stereocenters. The van der Waals surface area contributed by atoms with E-state index in [2.05, 4.69) is 18.2 Å². The molecule has 0 radical (unpaired) electrons. The van der Waals surface area contributed by atoms with Crippen LogP contribution in [0.15, 0.2) is 35.9 Å². The Balaban J connectivity index is 2.25. The molecule has 1 N–H and O–H groups in total. The third-order valence-electron chi connectivity index (χ3n) is 5.38. The molecule has 1 aromatic rings. The third kappa shape index (κ3) is 2.39. The average molecular weight is 330 g/mol. The molecule has 2 aliphatic rings. The van der Waals surface area contributed by atoms with Crippen LogP contribution in [0.4, 0.5) is 0 Å². The molecule has 5 heteroatoms. The SMILES string of the molecule is COc1cccc([C@H]2[C@@H]3CCCC=C3[C@@H](C#N)C(=N)C2(C#N)C#N)c1. The molecule has 25 heavy (non-hydrogen) atoms. The van der Waals surface area contributed by atoms with Crippen molar-refractivity contribution in [1.82, 2.24) is 0 Å². The van der Waals surface area contributed by atoms with E-state index in [1.54, 1.807) is 7.11 Å². The normalized spacial score (nSPS) is 27.0. The zero-order chi connectivity index (χ0) is 18.0. The van der Waals surface area contributed by atoms with E-state index in [9.17, 15) is 15.8 Å². The van der Waals surface area contributed by atoms with Crippen LogP contribution in [-0.4, -0.2) is 12.8 Å². The monoisotopic (exact) mass is 330 g/mol. The summed E-state index contributed by atoms with van der Waals surface area (Å²) < 4.78 is 5.30. The number of nitrogens with one attached hydrogen (secondary N) is 1. The molecule has 0 saturated heterocycles. The predicted molar refractivity (Wildman–Crippen MR) is 91.6 cm³/mol. The average Bonchev–Trinajstić information content (AvgIpc) is 2.67. The van der Waals surface area contributed by atoms with Crippen molar-refractivity contribution in [2.24, 2.45) is 17.3 Å². The number of nitrogens with zero attached hydrogens (tertiary/aromatic N) is 3. The van der Waals surface area contributed by atoms with E-state index < -0.39 is 17.3 Å². The first kappa shape index (κ1) is 16.7. The summed E-state index contributed by atoms with van der Waals surface area (Å²) >= 11 is 0. The molecule has 0 spiro atoms. The maximum absolute atomic E-state index is 9.90. The first-order valence-electron chi connectivity index (χ1n) is 8.28. The van der Waals surface area contributed by atoms with Gasteiger partial charge in [-0.05, 0) is 48.4 Å². The van der Waals surface area contributed by atoms with Crippen molar-refractivity contribution >= 4 is 5.71 Å². The molecule has 1 saturated carbocycles. The van der Waals surface area contributed by atoms with Gasteiger partial charge in [-0.1, -0.05) is 18.2 Å². The number of allylic oxidation sites excluding steroid dienone is 2. The Morgan fingerprint density at radius 2 is 2.00 bits per heavy atom. The highest BCUT2D eigenvalue weighted by Gasteiger charge is 2.57. The van der Waals surface area contributed by atoms with Crippen molar-refractivity contribution in [3.8, 4) is 24.0 Å². The van der Waals surface area contributed by atoms with Gasteiger partial charge < -0.3 is 10.1 Å². The lowest BCUT2D eigenvalue weighted by Gasteiger charge is -2.45. The van der Waals surface area contributed by atoms with Gasteiger partial charge in [0.05, 0.1) is 31.0 Å². The highest BCUT2D eigenvalue weighted by Crippen LogP contribution is 2.55. The number of hydrogen-bond acceptors (Lipinski definition) is 5. The van der Waals surface area contributed by atoms with Crippen molar-refractivity contribution in [1.29, 1.82) is 21.2 Å². The highest BCUT2D eigenvalue weighted by molar-refractivity contribution is 6.00. The topological polar surface area (TPSA) is 104 Å². The minimum Gasteiger partial charge on any atom is -0.497 e. The standard InChI is InChI=1S/C20H18N4O/c1-25-14-6-4-5-13(9-14)18-16-8-3-2-7-15(16)17(10-21)19(24)20(18,11-22)12-23/h4-7,9,16-18,24H,2-3,8H2,1H3/t16-,17-,18+/m1/s1. The Morgan fingerprint density at radius 1 is 1.24 bits per heavy atom. The summed E-state index contributed by atoms with van der Waals surface area (Å²) in [5, 5.41) is 37.9. The molecule has 1 aromatic carbocycles. The van der Waals surface area contributed by atoms with Gasteiger partial charge in [-0.25, -0.2) is 0 Å². The van der Waals surface area contributed by atoms with Crippen LogP contribution < -0.4 is 4.74 Å². The van der Waals surface area contributed by atoms with Gasteiger partial charge in [0.2, 0.25) is 0 Å². The summed E-state index contributed by atoms with van der Waals surface area (Å²) in [5.74, 6) is -0.691. The number of ether oxygens (including phenoxy) is 1. The van der Waals surface area contributed by atoms with Gasteiger partial charge in [0.25, 0.3) is 0 Å². The Bertz CT molecular complexity index is 851. The molecule has 0 amide bonds. The summed E-state index contributed by atoms with van der Waals surface area (Å²) in [5.41, 5.74) is -0.0298. The predicted octanol–water partition coefficient (Wildman–Crippen LogP) is 3.71. The van der Waals surface area contributed by atoms with Crippen LogP contribution in [0.1, 0.15) is 30.7 Å². The Kier molecular flexibility index (Phi) is 4.30. The third-order valence-corrected chi connectivity index (χ3v) is 5.38. The van der Waals surface area contributed by atoms with E-state index in [0.717, 1.165) is 30.4 Å². The fourth-order valence-corrected chi connectivity index (χ4v) is 4.22. The second-order valence-corrected chi connectivity index (χ2v) is 6.50. The summed E-state index contributed by atoms with van der Waals surface area (Å²) in [4.78, 5) is 0. The maximum atomic E-state index is 9.90. The van der Waals surface area contributed by atoms with Gasteiger partial charge in [-0.15, -0.1) is 0 Å². The molecule has 0 bridgehead atoms. The van der Waals surface area contributed by atoms with Crippen molar-refractivity contribution in [3.05, 3.63) is 41.5 Å². The van der Waals surface area contributed by atoms with Gasteiger partial charge in [0.15, 0.2) is 5.41 Å². The van der Waals surface area contributed by atoms with Gasteiger partial charge in [-0.2, -0.15) is 15.8 Å². The smallest absolute Gasteiger partial charge is 0.189 e. The minimum absolute atomic E-state index is 0.0843. The summed E-state index contributed by atoms with van der Waals surface area (Å²) in [6.07, 6.45) is 4.66. The number of rotatable bonds is 2. The number of methoxy groups -OCH3 is 1. The van der Waals surface area contributed by atoms with Crippen LogP contribution in [0.25, 0.3) is 0 Å². The molecule has 1 fully saturated rings. The molecular weight excluding hydrogens is 312 g/mol. The number of hydrogen-bond donors (Lipinski definition) is 1. The number of nitriles is 3. The Labute approximate surface area is 147 Å². The van der Waals surface area contributed by atoms with E-state index in [4.69, 9.17) is 10.1 Å². The van der Waals surface area contributed by atoms with E-state index in [1.165, 1.54) is 0 Å². The van der Waals surface area contributed by atoms with Crippen LogP contribution in [0, 0.1) is 56.7 Å². The largest absolute Gasteiger partial charge is 0.497 e. The van der Waals surface area contributed by atoms with Crippen molar-refractivity contribution < 1.29 is 4.74 Å². The van der Waals surface area contributed by atoms with Gasteiger partial charge in [0.1, 0.15) is 11.7 Å². The van der Waals surface area contributed by atoms with Gasteiger partial charge >= 0.3 is 0 Å². The van der Waals surface area contributed by atoms with Crippen LogP contribution in [0.2, 0.25) is 0 Å². The maximum Gasteiger partial charge on any atom is 0.189 e. The lowest BCUT2D eigenvalue weighted by atomic mass is 9.53. The zero-order valence-corrected chi connectivity index (χ0v) is 14.0. The quantitative estimate of drug-likeness (QED) is 0.834. The first-order valence-corrected chi connectivity index (χ1v) is 8.28. The summed E-state index contributed by atoms with van der Waals surface area (Å²) in [7, 11) is 1.57. The molecule has 5 nitrogen and oxygen atoms in total. The van der Waals surface area contributed by atoms with Crippen molar-refractivity contribution in [3.63, 3.8) is 0 Å². The molecule has 3 rings (SSSR count). The molecule has 3 atom stereocenters. The molecule has 124 valence electrons. The van der Waals surface area contributed by atoms with Crippen LogP contribution in [0.3, 0.4) is 0 Å². The van der Waals surface area contributed by atoms with E-state index in [1.807, 2.05) is 30.3 Å². The van der Waals surface area contributed by atoms with Crippen molar-refractivity contribution in [2.75, 3.05) is 7.11 Å². The highest BCUT2D eigenvalue weighted by atomic mass is 16.5. The second-order valence-electron chi connectivity index (χ2n) is 6.50. The zero-order valence-electron chi connectivity index (χ0n) is 14.0. The van der Waals surface area contributed by atoms with Gasteiger partial charge in [0, 0.05) is 5.92 Å². The summed E-state index contributed by atoms with van der Waals surface area (Å²) in [6, 6.07) is 13.7. The molecular formula is C20H18N4O. The molecule has 2 aliphatic carbocycles. The van der Waals surface area contributed by atoms with Crippen molar-refractivity contribution in [2.45, 2.75) is 25.2 Å². The minimum atomic E-state index is -1.63. The van der Waals surface area contributed by atoms with Crippen LogP contribution in [-0.2, 0) is 0 Å². The van der Waals surface area contributed by atoms with Crippen LogP contribution >= 0.6 is 0 Å². The first-order chi connectivity index (χ1) is 12.1. The van der Waals surface area contributed by atoms with Crippen LogP contribution in [0.5, 0.6) is 5.75 Å². The second kappa shape index (κ2) is 6.42. The number of benzene rings is 1. The summed E-state index contributed by atoms with van der Waals surface area (Å²) in [6.45, 7) is 0. The Hall–Kier alpha value is -3.10. The lowest BCUT2D eigenvalue weighted by Crippen LogP contribution is -2.48. The van der Waals surface area contributed by atoms with E-state index in [0.29, 0.717) is 5.75 Å². The van der Waals surface area contributed by atoms with E-state index in [-0.39, 0.29) is 11.6 Å². The van der Waals surface area contributed by atoms with Gasteiger partial charge in [-0.3, -0.25) is 0 Å². The molecule has 0 heterocycles. The Morgan fingerprint density at radius 3 is 2.64 bits per heavy atom. The molecule has 0 aromatic heterocycles. The molecule has 0 aliphatic heterocycles. The fraction of sp³-hybridized carbons (Fsp3) is 0.400. The lowest BCUT2D eigenvalue weighted by molar-refractivity contribution is 0.319. The number of fused-ring (bicyclic) bond motifs is 1. The fourth-order valence-electron chi connectivity index (χ4n) is 4.22.